The van der Waals surface area contributed by atoms with Crippen LogP contribution in [0.2, 0.25) is 0 Å². The molecule has 0 atom stereocenters. The third-order valence-corrected chi connectivity index (χ3v) is 10.3. The highest BCUT2D eigenvalue weighted by Gasteiger charge is 2.34. The van der Waals surface area contributed by atoms with Crippen molar-refractivity contribution >= 4 is 0 Å². The maximum Gasteiger partial charge on any atom is 0.0575 e. The molecule has 4 rings (SSSR count). The average molecular weight is 455 g/mol. The molecule has 33 heavy (non-hydrogen) atoms. The molecule has 0 spiro atoms. The van der Waals surface area contributed by atoms with Crippen LogP contribution in [0.3, 0.4) is 0 Å². The molecular formula is C32H54O. The van der Waals surface area contributed by atoms with Crippen molar-refractivity contribution in [3.05, 3.63) is 0 Å². The van der Waals surface area contributed by atoms with E-state index >= 15 is 0 Å². The van der Waals surface area contributed by atoms with Gasteiger partial charge in [-0.3, -0.25) is 0 Å². The number of unbranched alkanes of at least 4 members (excludes halogenated alkanes) is 1. The lowest BCUT2D eigenvalue weighted by molar-refractivity contribution is 0.0310. The fourth-order valence-electron chi connectivity index (χ4n) is 8.11. The standard InChI is InChI=1S/C32H54O/c1-3-5-6-25-9-15-28(16-10-25)30-19-21-31(22-20-30)29-17-11-26(12-18-29)7-8-27-13-23-32(24-14-27)33-4-2/h25-32H,3-6,9-24H2,1-2H3. The van der Waals surface area contributed by atoms with E-state index in [4.69, 9.17) is 4.74 Å². The lowest BCUT2D eigenvalue weighted by Gasteiger charge is -2.41. The molecule has 1 heteroatoms. The molecule has 0 aromatic heterocycles. The molecule has 0 heterocycles. The molecule has 0 amide bonds. The fourth-order valence-corrected chi connectivity index (χ4v) is 8.11. The Labute approximate surface area is 206 Å². The van der Waals surface area contributed by atoms with Crippen molar-refractivity contribution in [2.45, 2.75) is 142 Å². The first kappa shape index (κ1) is 25.6. The van der Waals surface area contributed by atoms with Crippen molar-refractivity contribution in [1.29, 1.82) is 0 Å². The number of hydrogen-bond acceptors (Lipinski definition) is 1. The molecule has 0 radical (unpaired) electrons. The Kier molecular flexibility index (Phi) is 10.5. The monoisotopic (exact) mass is 454 g/mol. The zero-order valence-electron chi connectivity index (χ0n) is 22.2. The van der Waals surface area contributed by atoms with Crippen LogP contribution in [0.25, 0.3) is 0 Å². The Morgan fingerprint density at radius 3 is 1.42 bits per heavy atom. The average Bonchev–Trinajstić information content (AvgIpc) is 2.88. The van der Waals surface area contributed by atoms with E-state index in [0.29, 0.717) is 17.9 Å². The van der Waals surface area contributed by atoms with E-state index in [0.717, 1.165) is 36.2 Å². The van der Waals surface area contributed by atoms with E-state index in [1.807, 2.05) is 0 Å². The second-order valence-electron chi connectivity index (χ2n) is 12.4. The Bertz CT molecular complexity index is 582. The minimum atomic E-state index is 0.513. The van der Waals surface area contributed by atoms with Gasteiger partial charge in [0.05, 0.1) is 6.10 Å². The lowest BCUT2D eigenvalue weighted by atomic mass is 9.65. The van der Waals surface area contributed by atoms with Gasteiger partial charge < -0.3 is 4.74 Å². The molecule has 4 fully saturated rings. The molecular weight excluding hydrogens is 400 g/mol. The van der Waals surface area contributed by atoms with Gasteiger partial charge in [0.25, 0.3) is 0 Å². The van der Waals surface area contributed by atoms with E-state index in [9.17, 15) is 0 Å². The van der Waals surface area contributed by atoms with Gasteiger partial charge in [-0.15, -0.1) is 0 Å². The highest BCUT2D eigenvalue weighted by Crippen LogP contribution is 2.46. The summed E-state index contributed by atoms with van der Waals surface area (Å²) in [6.45, 7) is 5.33. The van der Waals surface area contributed by atoms with E-state index in [1.165, 1.54) is 70.6 Å². The topological polar surface area (TPSA) is 9.23 Å². The van der Waals surface area contributed by atoms with Crippen LogP contribution in [0.15, 0.2) is 0 Å². The van der Waals surface area contributed by atoms with Gasteiger partial charge in [0.2, 0.25) is 0 Å². The van der Waals surface area contributed by atoms with Crippen molar-refractivity contribution < 1.29 is 4.74 Å². The number of rotatable bonds is 7. The largest absolute Gasteiger partial charge is 0.379 e. The van der Waals surface area contributed by atoms with Crippen LogP contribution >= 0.6 is 0 Å². The van der Waals surface area contributed by atoms with Crippen LogP contribution in [0, 0.1) is 53.3 Å². The van der Waals surface area contributed by atoms with Gasteiger partial charge in [-0.2, -0.15) is 0 Å². The predicted molar refractivity (Wildman–Crippen MR) is 141 cm³/mol. The third-order valence-electron chi connectivity index (χ3n) is 10.3. The first-order chi connectivity index (χ1) is 16.2. The molecule has 0 aliphatic heterocycles. The van der Waals surface area contributed by atoms with E-state index in [2.05, 4.69) is 25.7 Å². The van der Waals surface area contributed by atoms with Crippen LogP contribution in [0.5, 0.6) is 0 Å². The van der Waals surface area contributed by atoms with Crippen molar-refractivity contribution in [3.8, 4) is 11.8 Å². The Morgan fingerprint density at radius 1 is 0.545 bits per heavy atom. The molecule has 188 valence electrons. The molecule has 4 aliphatic rings. The predicted octanol–water partition coefficient (Wildman–Crippen LogP) is 9.19. The summed E-state index contributed by atoms with van der Waals surface area (Å²) in [5.74, 6) is 14.1. The van der Waals surface area contributed by atoms with Crippen molar-refractivity contribution in [2.24, 2.45) is 41.4 Å². The second-order valence-corrected chi connectivity index (χ2v) is 12.4. The normalized spacial score (nSPS) is 40.1. The third kappa shape index (κ3) is 7.75. The van der Waals surface area contributed by atoms with Gasteiger partial charge in [-0.25, -0.2) is 0 Å². The summed E-state index contributed by atoms with van der Waals surface area (Å²) in [5.41, 5.74) is 0. The van der Waals surface area contributed by atoms with E-state index in [-0.39, 0.29) is 0 Å². The van der Waals surface area contributed by atoms with Crippen LogP contribution in [0.1, 0.15) is 136 Å². The summed E-state index contributed by atoms with van der Waals surface area (Å²) < 4.78 is 5.80. The number of hydrogen-bond donors (Lipinski definition) is 0. The van der Waals surface area contributed by atoms with E-state index in [1.54, 1.807) is 51.4 Å². The summed E-state index contributed by atoms with van der Waals surface area (Å²) in [7, 11) is 0. The number of ether oxygens (including phenoxy) is 1. The van der Waals surface area contributed by atoms with Gasteiger partial charge in [0.15, 0.2) is 0 Å². The smallest absolute Gasteiger partial charge is 0.0575 e. The molecule has 0 unspecified atom stereocenters. The van der Waals surface area contributed by atoms with Crippen molar-refractivity contribution in [3.63, 3.8) is 0 Å². The molecule has 0 aromatic carbocycles. The molecule has 0 aromatic rings. The van der Waals surface area contributed by atoms with Crippen LogP contribution in [0.4, 0.5) is 0 Å². The van der Waals surface area contributed by atoms with Gasteiger partial charge in [0.1, 0.15) is 0 Å². The summed E-state index contributed by atoms with van der Waals surface area (Å²) >= 11 is 0. The first-order valence-corrected chi connectivity index (χ1v) is 15.4. The minimum Gasteiger partial charge on any atom is -0.379 e. The Hall–Kier alpha value is -0.480. The Balaban J connectivity index is 1.11. The molecule has 4 aliphatic carbocycles. The van der Waals surface area contributed by atoms with Gasteiger partial charge in [-0.1, -0.05) is 50.9 Å². The SMILES string of the molecule is CCCCC1CCC(C2CCC(C3CCC(C#CC4CCC(OCC)CC4)CC3)CC2)CC1. The maximum atomic E-state index is 5.80. The van der Waals surface area contributed by atoms with E-state index < -0.39 is 0 Å². The zero-order chi connectivity index (χ0) is 22.9. The highest BCUT2D eigenvalue weighted by molar-refractivity contribution is 5.09. The van der Waals surface area contributed by atoms with Crippen molar-refractivity contribution in [1.82, 2.24) is 0 Å². The first-order valence-electron chi connectivity index (χ1n) is 15.4. The zero-order valence-corrected chi connectivity index (χ0v) is 22.2. The highest BCUT2D eigenvalue weighted by atomic mass is 16.5. The van der Waals surface area contributed by atoms with Gasteiger partial charge >= 0.3 is 0 Å². The van der Waals surface area contributed by atoms with Crippen LogP contribution in [-0.2, 0) is 4.74 Å². The summed E-state index contributed by atoms with van der Waals surface area (Å²) in [6, 6.07) is 0. The van der Waals surface area contributed by atoms with Gasteiger partial charge in [-0.05, 0) is 126 Å². The lowest BCUT2D eigenvalue weighted by Crippen LogP contribution is -2.29. The quantitative estimate of drug-likeness (QED) is 0.348. The Morgan fingerprint density at radius 2 is 0.970 bits per heavy atom. The fraction of sp³-hybridized carbons (Fsp3) is 0.938. The van der Waals surface area contributed by atoms with Crippen LogP contribution in [-0.4, -0.2) is 12.7 Å². The van der Waals surface area contributed by atoms with Crippen molar-refractivity contribution in [2.75, 3.05) is 6.61 Å². The maximum absolute atomic E-state index is 5.80. The minimum absolute atomic E-state index is 0.513. The molecule has 0 bridgehead atoms. The molecule has 4 saturated carbocycles. The van der Waals surface area contributed by atoms with Gasteiger partial charge in [0, 0.05) is 18.4 Å². The molecule has 0 N–H and O–H groups in total. The van der Waals surface area contributed by atoms with Crippen LogP contribution < -0.4 is 0 Å². The molecule has 0 saturated heterocycles. The summed E-state index contributed by atoms with van der Waals surface area (Å²) in [4.78, 5) is 0. The summed E-state index contributed by atoms with van der Waals surface area (Å²) in [5, 5.41) is 0. The summed E-state index contributed by atoms with van der Waals surface area (Å²) in [6.07, 6.45) is 27.9. The second kappa shape index (κ2) is 13.6. The molecule has 1 nitrogen and oxygen atoms in total.